The van der Waals surface area contributed by atoms with Crippen LogP contribution in [0.4, 0.5) is 0 Å². The molecule has 0 bridgehead atoms. The van der Waals surface area contributed by atoms with Crippen LogP contribution < -0.4 is 0 Å². The summed E-state index contributed by atoms with van der Waals surface area (Å²) in [5, 5.41) is 16.2. The number of nitriles is 1. The molecule has 190 valence electrons. The Hall–Kier alpha value is -5.15. The van der Waals surface area contributed by atoms with Crippen LogP contribution in [0.15, 0.2) is 95.5 Å². The maximum Gasteiger partial charge on any atom is 0.337 e. The molecule has 0 aliphatic rings. The summed E-state index contributed by atoms with van der Waals surface area (Å²) < 4.78 is 12.8. The topological polar surface area (TPSA) is 81.1 Å². The first kappa shape index (κ1) is 24.2. The molecule has 4 aromatic carbocycles. The van der Waals surface area contributed by atoms with Crippen molar-refractivity contribution in [2.45, 2.75) is 19.9 Å². The summed E-state index contributed by atoms with van der Waals surface area (Å²) in [6.07, 6.45) is 0. The molecule has 0 aliphatic carbocycles. The second-order valence-corrected chi connectivity index (χ2v) is 9.55. The average molecular weight is 512 g/mol. The van der Waals surface area contributed by atoms with Crippen LogP contribution in [0.1, 0.15) is 44.5 Å². The number of aromatic nitrogens is 2. The normalized spacial score (nSPS) is 11.3. The first-order chi connectivity index (χ1) is 19.0. The van der Waals surface area contributed by atoms with Gasteiger partial charge < -0.3 is 13.8 Å². The van der Waals surface area contributed by atoms with Gasteiger partial charge in [-0.3, -0.25) is 0 Å². The minimum atomic E-state index is -0.415. The lowest BCUT2D eigenvalue weighted by atomic mass is 9.96. The quantitative estimate of drug-likeness (QED) is 0.226. The molecule has 0 aliphatic heterocycles. The van der Waals surface area contributed by atoms with E-state index in [4.69, 9.17) is 9.26 Å². The summed E-state index contributed by atoms with van der Waals surface area (Å²) in [6, 6.07) is 32.2. The molecule has 0 unspecified atom stereocenters. The maximum atomic E-state index is 12.6. The third-order valence-corrected chi connectivity index (χ3v) is 7.26. The third kappa shape index (κ3) is 3.96. The van der Waals surface area contributed by atoms with Crippen LogP contribution in [0, 0.1) is 25.2 Å². The third-order valence-electron chi connectivity index (χ3n) is 7.26. The van der Waals surface area contributed by atoms with Gasteiger partial charge >= 0.3 is 5.97 Å². The van der Waals surface area contributed by atoms with E-state index in [1.54, 1.807) is 6.07 Å². The van der Waals surface area contributed by atoms with Crippen molar-refractivity contribution in [1.82, 2.24) is 9.72 Å². The zero-order valence-corrected chi connectivity index (χ0v) is 21.8. The molecule has 0 N–H and O–H groups in total. The fourth-order valence-electron chi connectivity index (χ4n) is 5.58. The molecule has 2 heterocycles. The van der Waals surface area contributed by atoms with Crippen LogP contribution in [0.5, 0.6) is 0 Å². The van der Waals surface area contributed by atoms with E-state index in [0.29, 0.717) is 16.9 Å². The predicted molar refractivity (Wildman–Crippen MR) is 151 cm³/mol. The molecule has 6 nitrogen and oxygen atoms in total. The highest BCUT2D eigenvalue weighted by atomic mass is 16.5. The van der Waals surface area contributed by atoms with Gasteiger partial charge in [0.1, 0.15) is 5.76 Å². The molecule has 2 aromatic heterocycles. The van der Waals surface area contributed by atoms with Crippen molar-refractivity contribution >= 4 is 27.8 Å². The highest BCUT2D eigenvalue weighted by molar-refractivity contribution is 6.13. The SMILES string of the molecule is COC(=O)c1ccc2c3c(C#N)cc(-c4c(C)noc4C)cc3n(C(c3ccccc3)c3ccccc3)c2c1. The van der Waals surface area contributed by atoms with Crippen LogP contribution in [0.3, 0.4) is 0 Å². The summed E-state index contributed by atoms with van der Waals surface area (Å²) >= 11 is 0. The van der Waals surface area contributed by atoms with E-state index in [0.717, 1.165) is 49.8 Å². The zero-order valence-electron chi connectivity index (χ0n) is 21.8. The van der Waals surface area contributed by atoms with Gasteiger partial charge in [0.15, 0.2) is 0 Å². The predicted octanol–water partition coefficient (Wildman–Crippen LogP) is 7.36. The van der Waals surface area contributed by atoms with Crippen LogP contribution in [0.2, 0.25) is 0 Å². The second-order valence-electron chi connectivity index (χ2n) is 9.55. The molecule has 6 rings (SSSR count). The lowest BCUT2D eigenvalue weighted by Gasteiger charge is -2.23. The van der Waals surface area contributed by atoms with E-state index in [1.807, 2.05) is 68.4 Å². The number of rotatable bonds is 5. The van der Waals surface area contributed by atoms with E-state index in [2.05, 4.69) is 46.1 Å². The van der Waals surface area contributed by atoms with Gasteiger partial charge in [0.25, 0.3) is 0 Å². The fraction of sp³-hybridized carbons (Fsp3) is 0.121. The number of fused-ring (bicyclic) bond motifs is 3. The number of esters is 1. The van der Waals surface area contributed by atoms with E-state index in [-0.39, 0.29) is 6.04 Å². The van der Waals surface area contributed by atoms with E-state index >= 15 is 0 Å². The van der Waals surface area contributed by atoms with Gasteiger partial charge in [-0.15, -0.1) is 0 Å². The lowest BCUT2D eigenvalue weighted by Crippen LogP contribution is -2.12. The molecule has 0 atom stereocenters. The first-order valence-corrected chi connectivity index (χ1v) is 12.6. The average Bonchev–Trinajstić information content (AvgIpc) is 3.49. The minimum absolute atomic E-state index is 0.230. The highest BCUT2D eigenvalue weighted by Crippen LogP contribution is 2.41. The lowest BCUT2D eigenvalue weighted by molar-refractivity contribution is 0.0601. The molecular weight excluding hydrogens is 486 g/mol. The van der Waals surface area contributed by atoms with Crippen LogP contribution >= 0.6 is 0 Å². The van der Waals surface area contributed by atoms with Crippen molar-refractivity contribution in [2.75, 3.05) is 7.11 Å². The molecular formula is C33H25N3O3. The van der Waals surface area contributed by atoms with Crippen molar-refractivity contribution in [3.8, 4) is 17.2 Å². The smallest absolute Gasteiger partial charge is 0.337 e. The molecule has 0 spiro atoms. The van der Waals surface area contributed by atoms with Crippen molar-refractivity contribution < 1.29 is 14.1 Å². The van der Waals surface area contributed by atoms with Gasteiger partial charge in [-0.1, -0.05) is 71.9 Å². The second kappa shape index (κ2) is 9.62. The van der Waals surface area contributed by atoms with Gasteiger partial charge in [-0.25, -0.2) is 4.79 Å². The van der Waals surface area contributed by atoms with Gasteiger partial charge in [0.2, 0.25) is 0 Å². The van der Waals surface area contributed by atoms with Crippen molar-refractivity contribution in [2.24, 2.45) is 0 Å². The van der Waals surface area contributed by atoms with E-state index < -0.39 is 5.97 Å². The van der Waals surface area contributed by atoms with Gasteiger partial charge in [-0.05, 0) is 54.8 Å². The largest absolute Gasteiger partial charge is 0.465 e. The van der Waals surface area contributed by atoms with Crippen molar-refractivity contribution in [1.29, 1.82) is 5.26 Å². The molecule has 0 saturated carbocycles. The molecule has 0 fully saturated rings. The van der Waals surface area contributed by atoms with Gasteiger partial charge in [0, 0.05) is 16.3 Å². The van der Waals surface area contributed by atoms with E-state index in [1.165, 1.54) is 7.11 Å². The Balaban J connectivity index is 1.80. The van der Waals surface area contributed by atoms with E-state index in [9.17, 15) is 10.1 Å². The Labute approximate surface area is 225 Å². The van der Waals surface area contributed by atoms with Crippen LogP contribution in [-0.2, 0) is 4.74 Å². The number of benzene rings is 4. The Morgan fingerprint density at radius 2 is 1.59 bits per heavy atom. The fourth-order valence-corrected chi connectivity index (χ4v) is 5.58. The zero-order chi connectivity index (χ0) is 27.1. The number of aryl methyl sites for hydroxylation is 2. The number of nitrogens with zero attached hydrogens (tertiary/aromatic N) is 3. The summed E-state index contributed by atoms with van der Waals surface area (Å²) in [6.45, 7) is 3.78. The maximum absolute atomic E-state index is 12.6. The molecule has 0 amide bonds. The standard InChI is InChI=1S/C33H25N3O3/c1-20-30(21(2)39-35-20)25-16-26(19-34)31-27-15-14-24(33(37)38-3)17-28(27)36(29(31)18-25)32(22-10-6-4-7-11-22)23-12-8-5-9-13-23/h4-18,32H,1-3H3. The molecule has 6 aromatic rings. The number of ether oxygens (including phenoxy) is 1. The minimum Gasteiger partial charge on any atom is -0.465 e. The summed E-state index contributed by atoms with van der Waals surface area (Å²) in [4.78, 5) is 12.6. The Bertz CT molecular complexity index is 1840. The highest BCUT2D eigenvalue weighted by Gasteiger charge is 2.26. The van der Waals surface area contributed by atoms with Gasteiger partial charge in [-0.2, -0.15) is 5.26 Å². The first-order valence-electron chi connectivity index (χ1n) is 12.6. The number of hydrogen-bond acceptors (Lipinski definition) is 5. The Kier molecular flexibility index (Phi) is 5.97. The van der Waals surface area contributed by atoms with Crippen molar-refractivity contribution in [3.05, 3.63) is 125 Å². The Morgan fingerprint density at radius 1 is 0.923 bits per heavy atom. The summed E-state index contributed by atoms with van der Waals surface area (Å²) in [7, 11) is 1.38. The molecule has 39 heavy (non-hydrogen) atoms. The molecule has 6 heteroatoms. The summed E-state index contributed by atoms with van der Waals surface area (Å²) in [5.41, 5.74) is 7.32. The molecule has 0 radical (unpaired) electrons. The van der Waals surface area contributed by atoms with Crippen LogP contribution in [0.25, 0.3) is 32.9 Å². The van der Waals surface area contributed by atoms with Crippen LogP contribution in [-0.4, -0.2) is 22.8 Å². The number of hydrogen-bond donors (Lipinski definition) is 0. The molecule has 0 saturated heterocycles. The number of carbonyl (C=O) groups is 1. The van der Waals surface area contributed by atoms with Gasteiger partial charge in [0.05, 0.1) is 47.1 Å². The number of methoxy groups -OCH3 is 1. The number of carbonyl (C=O) groups excluding carboxylic acids is 1. The Morgan fingerprint density at radius 3 is 2.15 bits per heavy atom. The monoisotopic (exact) mass is 511 g/mol. The summed E-state index contributed by atoms with van der Waals surface area (Å²) in [5.74, 6) is 0.274. The van der Waals surface area contributed by atoms with Crippen molar-refractivity contribution in [3.63, 3.8) is 0 Å².